The normalized spacial score (nSPS) is 19.0. The lowest BCUT2D eigenvalue weighted by atomic mass is 10.00. The summed E-state index contributed by atoms with van der Waals surface area (Å²) >= 11 is 0. The molecule has 0 aromatic heterocycles. The van der Waals surface area contributed by atoms with Crippen molar-refractivity contribution in [3.63, 3.8) is 0 Å². The number of amides is 1. The first kappa shape index (κ1) is 17.9. The summed E-state index contributed by atoms with van der Waals surface area (Å²) < 4.78 is 53.8. The van der Waals surface area contributed by atoms with E-state index in [4.69, 9.17) is 0 Å². The van der Waals surface area contributed by atoms with Gasteiger partial charge in [0.2, 0.25) is 0 Å². The number of carbonyl (C=O) groups excluding carboxylic acids is 1. The fraction of sp³-hybridized carbons (Fsp3) is 0.167. The van der Waals surface area contributed by atoms with Crippen LogP contribution in [0.4, 0.5) is 23.2 Å². The third kappa shape index (κ3) is 3.15. The fourth-order valence-corrected chi connectivity index (χ4v) is 2.68. The van der Waals surface area contributed by atoms with Gasteiger partial charge in [0.15, 0.2) is 23.0 Å². The molecule has 8 heteroatoms. The molecule has 136 valence electrons. The lowest BCUT2D eigenvalue weighted by molar-refractivity contribution is -0.122. The summed E-state index contributed by atoms with van der Waals surface area (Å²) in [6.45, 7) is -0.998. The van der Waals surface area contributed by atoms with Crippen LogP contribution in [-0.2, 0) is 4.79 Å². The minimum atomic E-state index is -1.58. The van der Waals surface area contributed by atoms with Crippen molar-refractivity contribution in [1.82, 2.24) is 10.4 Å². The van der Waals surface area contributed by atoms with Crippen molar-refractivity contribution < 1.29 is 22.4 Å². The number of hydrazine groups is 1. The van der Waals surface area contributed by atoms with Gasteiger partial charge in [0, 0.05) is 24.5 Å². The molecule has 1 amide bonds. The average molecular weight is 365 g/mol. The summed E-state index contributed by atoms with van der Waals surface area (Å²) in [5.41, 5.74) is 1.62. The summed E-state index contributed by atoms with van der Waals surface area (Å²) in [5, 5.41) is 4.00. The van der Waals surface area contributed by atoms with E-state index in [1.165, 1.54) is 29.4 Å². The zero-order valence-electron chi connectivity index (χ0n) is 13.7. The molecule has 1 heterocycles. The van der Waals surface area contributed by atoms with Gasteiger partial charge in [-0.15, -0.1) is 0 Å². The van der Waals surface area contributed by atoms with Gasteiger partial charge >= 0.3 is 0 Å². The minimum absolute atomic E-state index is 0.0404. The van der Waals surface area contributed by atoms with Crippen molar-refractivity contribution in [3.05, 3.63) is 66.1 Å². The van der Waals surface area contributed by atoms with Gasteiger partial charge in [0.05, 0.1) is 0 Å². The number of para-hydroxylation sites is 1. The van der Waals surface area contributed by atoms with E-state index in [1.54, 1.807) is 19.2 Å². The first-order chi connectivity index (χ1) is 12.4. The molecule has 4 nitrogen and oxygen atoms in total. The van der Waals surface area contributed by atoms with Crippen molar-refractivity contribution in [2.45, 2.75) is 5.54 Å². The molecule has 1 atom stereocenters. The molecular weight excluding hydrogens is 350 g/mol. The number of hydrogen-bond acceptors (Lipinski definition) is 3. The first-order valence-electron chi connectivity index (χ1n) is 7.67. The van der Waals surface area contributed by atoms with Gasteiger partial charge in [0.1, 0.15) is 6.67 Å². The Kier molecular flexibility index (Phi) is 4.69. The number of halogens is 4. The number of nitrogens with one attached hydrogen (secondary N) is 2. The second-order valence-electron chi connectivity index (χ2n) is 5.90. The van der Waals surface area contributed by atoms with Crippen LogP contribution >= 0.6 is 0 Å². The van der Waals surface area contributed by atoms with E-state index in [2.05, 4.69) is 10.7 Å². The summed E-state index contributed by atoms with van der Waals surface area (Å²) in [7, 11) is 1.61. The van der Waals surface area contributed by atoms with Crippen LogP contribution in [-0.4, -0.2) is 30.2 Å². The fourth-order valence-electron chi connectivity index (χ4n) is 2.68. The number of hydrogen-bond donors (Lipinski definition) is 2. The zero-order valence-corrected chi connectivity index (χ0v) is 13.7. The van der Waals surface area contributed by atoms with Gasteiger partial charge in [-0.05, 0) is 29.8 Å². The van der Waals surface area contributed by atoms with Gasteiger partial charge in [-0.1, -0.05) is 18.2 Å². The van der Waals surface area contributed by atoms with E-state index in [0.29, 0.717) is 0 Å². The topological polar surface area (TPSA) is 44.4 Å². The predicted molar refractivity (Wildman–Crippen MR) is 89.1 cm³/mol. The molecule has 2 aromatic rings. The minimum Gasteiger partial charge on any atom is -0.323 e. The molecule has 1 aliphatic rings. The van der Waals surface area contributed by atoms with Crippen LogP contribution in [0.5, 0.6) is 0 Å². The molecule has 2 N–H and O–H groups in total. The second-order valence-corrected chi connectivity index (χ2v) is 5.90. The lowest BCUT2D eigenvalue weighted by Gasteiger charge is -2.26. The molecule has 1 unspecified atom stereocenters. The molecule has 0 saturated carbocycles. The Bertz CT molecular complexity index is 863. The first-order valence-corrected chi connectivity index (χ1v) is 7.67. The Labute approximate surface area is 147 Å². The van der Waals surface area contributed by atoms with Gasteiger partial charge in [-0.3, -0.25) is 4.79 Å². The van der Waals surface area contributed by atoms with E-state index in [0.717, 1.165) is 12.1 Å². The number of nitrogens with zero attached hydrogens (tertiary/aromatic N) is 1. The molecule has 0 fully saturated rings. The van der Waals surface area contributed by atoms with Crippen molar-refractivity contribution in [2.75, 3.05) is 19.0 Å². The van der Waals surface area contributed by atoms with Crippen molar-refractivity contribution in [3.8, 4) is 11.1 Å². The van der Waals surface area contributed by atoms with Crippen LogP contribution in [0.25, 0.3) is 11.1 Å². The smallest absolute Gasteiger partial charge is 0.253 e. The number of carbonyl (C=O) groups is 1. The number of alkyl halides is 1. The monoisotopic (exact) mass is 365 g/mol. The summed E-state index contributed by atoms with van der Waals surface area (Å²) in [6.07, 6.45) is 2.89. The Hall–Kier alpha value is -2.87. The zero-order chi connectivity index (χ0) is 18.9. The largest absolute Gasteiger partial charge is 0.323 e. The molecule has 0 radical (unpaired) electrons. The third-order valence-electron chi connectivity index (χ3n) is 4.04. The molecule has 0 saturated heterocycles. The van der Waals surface area contributed by atoms with Gasteiger partial charge in [-0.25, -0.2) is 23.0 Å². The van der Waals surface area contributed by atoms with Crippen LogP contribution in [0.3, 0.4) is 0 Å². The quantitative estimate of drug-likeness (QED) is 0.645. The molecule has 0 spiro atoms. The SMILES string of the molecule is CN1C=CC(CF)(C(=O)Nc2ccccc2-c2cc(F)c(F)c(F)c2)N1. The van der Waals surface area contributed by atoms with Crippen LogP contribution in [0.15, 0.2) is 48.7 Å². The Morgan fingerprint density at radius 1 is 1.19 bits per heavy atom. The molecule has 26 heavy (non-hydrogen) atoms. The molecule has 3 rings (SSSR count). The Morgan fingerprint density at radius 2 is 1.85 bits per heavy atom. The van der Waals surface area contributed by atoms with Crippen molar-refractivity contribution in [1.29, 1.82) is 0 Å². The highest BCUT2D eigenvalue weighted by Gasteiger charge is 2.40. The molecular formula is C18H15F4N3O. The number of benzene rings is 2. The summed E-state index contributed by atoms with van der Waals surface area (Å²) in [6, 6.07) is 7.86. The third-order valence-corrected chi connectivity index (χ3v) is 4.04. The van der Waals surface area contributed by atoms with E-state index in [-0.39, 0.29) is 16.8 Å². The van der Waals surface area contributed by atoms with Crippen LogP contribution in [0, 0.1) is 17.5 Å². The molecule has 2 aromatic carbocycles. The highest BCUT2D eigenvalue weighted by Crippen LogP contribution is 2.31. The van der Waals surface area contributed by atoms with Crippen LogP contribution in [0.2, 0.25) is 0 Å². The van der Waals surface area contributed by atoms with Gasteiger partial charge in [0.25, 0.3) is 5.91 Å². The van der Waals surface area contributed by atoms with E-state index in [1.807, 2.05) is 0 Å². The molecule has 0 aliphatic carbocycles. The second kappa shape index (κ2) is 6.80. The lowest BCUT2D eigenvalue weighted by Crippen LogP contribution is -2.55. The van der Waals surface area contributed by atoms with Gasteiger partial charge < -0.3 is 10.3 Å². The van der Waals surface area contributed by atoms with E-state index < -0.39 is 35.6 Å². The highest BCUT2D eigenvalue weighted by molar-refractivity contribution is 6.02. The Morgan fingerprint density at radius 3 is 2.42 bits per heavy atom. The van der Waals surface area contributed by atoms with Crippen LogP contribution < -0.4 is 10.7 Å². The van der Waals surface area contributed by atoms with E-state index in [9.17, 15) is 22.4 Å². The average Bonchev–Trinajstić information content (AvgIpc) is 3.02. The van der Waals surface area contributed by atoms with Crippen molar-refractivity contribution in [2.24, 2.45) is 0 Å². The van der Waals surface area contributed by atoms with Crippen molar-refractivity contribution >= 4 is 11.6 Å². The maximum Gasteiger partial charge on any atom is 0.253 e. The summed E-state index contributed by atoms with van der Waals surface area (Å²) in [4.78, 5) is 12.6. The maximum atomic E-state index is 13.5. The molecule has 0 bridgehead atoms. The number of rotatable bonds is 4. The standard InChI is InChI=1S/C18H15F4N3O/c1-25-7-6-18(10-19,24-25)17(26)23-15-5-3-2-4-12(15)11-8-13(20)16(22)14(21)9-11/h2-9,24H,10H2,1H3,(H,23,26). The number of anilines is 1. The van der Waals surface area contributed by atoms with Gasteiger partial charge in [-0.2, -0.15) is 0 Å². The van der Waals surface area contributed by atoms with Crippen LogP contribution in [0.1, 0.15) is 0 Å². The summed E-state index contributed by atoms with van der Waals surface area (Å²) in [5.74, 6) is -4.95. The molecule has 1 aliphatic heterocycles. The predicted octanol–water partition coefficient (Wildman–Crippen LogP) is 3.38. The Balaban J connectivity index is 1.96. The highest BCUT2D eigenvalue weighted by atomic mass is 19.2. The maximum absolute atomic E-state index is 13.5. The van der Waals surface area contributed by atoms with E-state index >= 15 is 0 Å².